The molecule has 2 amide bonds. The van der Waals surface area contributed by atoms with Gasteiger partial charge in [0, 0.05) is 39.3 Å². The zero-order valence-corrected chi connectivity index (χ0v) is 12.0. The Kier molecular flexibility index (Phi) is 4.82. The Bertz CT molecular complexity index is 363. The number of nitrogens with one attached hydrogen (secondary N) is 1. The highest BCUT2D eigenvalue weighted by molar-refractivity contribution is 5.75. The van der Waals surface area contributed by atoms with Gasteiger partial charge in [0.15, 0.2) is 0 Å². The summed E-state index contributed by atoms with van der Waals surface area (Å²) < 4.78 is 5.18. The van der Waals surface area contributed by atoms with Gasteiger partial charge < -0.3 is 20.1 Å². The van der Waals surface area contributed by atoms with Gasteiger partial charge in [0.1, 0.15) is 6.04 Å². The SMILES string of the molecule is COC1CC(NC(=O)N2CCN(C(C)C(=O)O)CC2)C1. The molecule has 2 aliphatic rings. The predicted molar refractivity (Wildman–Crippen MR) is 72.6 cm³/mol. The van der Waals surface area contributed by atoms with Gasteiger partial charge in [-0.15, -0.1) is 0 Å². The summed E-state index contributed by atoms with van der Waals surface area (Å²) in [4.78, 5) is 26.6. The second-order valence-electron chi connectivity index (χ2n) is 5.51. The normalized spacial score (nSPS) is 28.6. The van der Waals surface area contributed by atoms with Gasteiger partial charge in [-0.25, -0.2) is 4.79 Å². The fraction of sp³-hybridized carbons (Fsp3) is 0.846. The summed E-state index contributed by atoms with van der Waals surface area (Å²) in [5.41, 5.74) is 0. The molecule has 1 saturated carbocycles. The summed E-state index contributed by atoms with van der Waals surface area (Å²) in [6.45, 7) is 4.03. The highest BCUT2D eigenvalue weighted by atomic mass is 16.5. The van der Waals surface area contributed by atoms with E-state index < -0.39 is 12.0 Å². The number of piperazine rings is 1. The van der Waals surface area contributed by atoms with Crippen LogP contribution in [0.25, 0.3) is 0 Å². The molecule has 2 rings (SSSR count). The molecule has 1 unspecified atom stereocenters. The van der Waals surface area contributed by atoms with Crippen molar-refractivity contribution < 1.29 is 19.4 Å². The molecule has 1 aliphatic carbocycles. The summed E-state index contributed by atoms with van der Waals surface area (Å²) in [6.07, 6.45) is 2.02. The number of aliphatic carboxylic acids is 1. The van der Waals surface area contributed by atoms with E-state index >= 15 is 0 Å². The van der Waals surface area contributed by atoms with Crippen molar-refractivity contribution in [1.82, 2.24) is 15.1 Å². The van der Waals surface area contributed by atoms with Gasteiger partial charge >= 0.3 is 12.0 Å². The number of nitrogens with zero attached hydrogens (tertiary/aromatic N) is 2. The largest absolute Gasteiger partial charge is 0.480 e. The zero-order chi connectivity index (χ0) is 14.7. The first-order valence-corrected chi connectivity index (χ1v) is 7.06. The van der Waals surface area contributed by atoms with E-state index in [9.17, 15) is 9.59 Å². The molecule has 2 N–H and O–H groups in total. The van der Waals surface area contributed by atoms with Gasteiger partial charge in [-0.3, -0.25) is 9.69 Å². The van der Waals surface area contributed by atoms with Crippen LogP contribution < -0.4 is 5.32 Å². The molecule has 0 aromatic heterocycles. The van der Waals surface area contributed by atoms with Crippen molar-refractivity contribution >= 4 is 12.0 Å². The van der Waals surface area contributed by atoms with Crippen molar-refractivity contribution in [2.24, 2.45) is 0 Å². The van der Waals surface area contributed by atoms with Crippen LogP contribution in [-0.4, -0.2) is 78.4 Å². The first-order chi connectivity index (χ1) is 9.51. The summed E-state index contributed by atoms with van der Waals surface area (Å²) >= 11 is 0. The van der Waals surface area contributed by atoms with E-state index in [1.165, 1.54) is 0 Å². The molecule has 1 aliphatic heterocycles. The Balaban J connectivity index is 1.71. The van der Waals surface area contributed by atoms with E-state index in [2.05, 4.69) is 5.32 Å². The molecule has 7 heteroatoms. The fourth-order valence-corrected chi connectivity index (χ4v) is 2.61. The average Bonchev–Trinajstić information content (AvgIpc) is 2.41. The number of carboxylic acid groups (broad SMARTS) is 1. The van der Waals surface area contributed by atoms with Crippen molar-refractivity contribution in [3.63, 3.8) is 0 Å². The average molecular weight is 285 g/mol. The molecule has 1 saturated heterocycles. The Morgan fingerprint density at radius 2 is 1.85 bits per heavy atom. The van der Waals surface area contributed by atoms with Crippen molar-refractivity contribution in [1.29, 1.82) is 0 Å². The van der Waals surface area contributed by atoms with Crippen molar-refractivity contribution in [2.75, 3.05) is 33.3 Å². The molecule has 1 atom stereocenters. The molecule has 20 heavy (non-hydrogen) atoms. The maximum absolute atomic E-state index is 12.0. The molecule has 0 radical (unpaired) electrons. The molecule has 0 bridgehead atoms. The lowest BCUT2D eigenvalue weighted by molar-refractivity contribution is -0.143. The minimum atomic E-state index is -0.817. The van der Waals surface area contributed by atoms with E-state index in [1.807, 2.05) is 4.90 Å². The van der Waals surface area contributed by atoms with Gasteiger partial charge in [-0.2, -0.15) is 0 Å². The van der Waals surface area contributed by atoms with Crippen molar-refractivity contribution in [3.05, 3.63) is 0 Å². The monoisotopic (exact) mass is 285 g/mol. The molecule has 0 aromatic carbocycles. The summed E-state index contributed by atoms with van der Waals surface area (Å²) in [7, 11) is 1.69. The Hall–Kier alpha value is -1.34. The number of rotatable bonds is 4. The zero-order valence-electron chi connectivity index (χ0n) is 12.0. The van der Waals surface area contributed by atoms with Gasteiger partial charge in [-0.1, -0.05) is 0 Å². The molecule has 1 heterocycles. The number of methoxy groups -OCH3 is 1. The highest BCUT2D eigenvalue weighted by Crippen LogP contribution is 2.22. The molecular formula is C13H23N3O4. The lowest BCUT2D eigenvalue weighted by Crippen LogP contribution is -2.58. The first-order valence-electron chi connectivity index (χ1n) is 7.06. The molecule has 2 fully saturated rings. The smallest absolute Gasteiger partial charge is 0.320 e. The van der Waals surface area contributed by atoms with Crippen LogP contribution in [0.3, 0.4) is 0 Å². The number of ether oxygens (including phenoxy) is 1. The second-order valence-corrected chi connectivity index (χ2v) is 5.51. The standard InChI is InChI=1S/C13H23N3O4/c1-9(12(17)18)15-3-5-16(6-4-15)13(19)14-10-7-11(8-10)20-2/h9-11H,3-8H2,1-2H3,(H,14,19)(H,17,18). The first kappa shape index (κ1) is 15.1. The highest BCUT2D eigenvalue weighted by Gasteiger charge is 2.32. The summed E-state index contributed by atoms with van der Waals surface area (Å²) in [5, 5.41) is 12.0. The maximum Gasteiger partial charge on any atom is 0.320 e. The van der Waals surface area contributed by atoms with Gasteiger partial charge in [0.05, 0.1) is 6.10 Å². The van der Waals surface area contributed by atoms with E-state index in [-0.39, 0.29) is 18.2 Å². The number of carbonyl (C=O) groups is 2. The third kappa shape index (κ3) is 3.40. The summed E-state index contributed by atoms with van der Waals surface area (Å²) in [5.74, 6) is -0.817. The number of hydrogen-bond acceptors (Lipinski definition) is 4. The quantitative estimate of drug-likeness (QED) is 0.757. The van der Waals surface area contributed by atoms with Crippen LogP contribution in [0.4, 0.5) is 4.79 Å². The van der Waals surface area contributed by atoms with E-state index in [0.717, 1.165) is 12.8 Å². The van der Waals surface area contributed by atoms with E-state index in [4.69, 9.17) is 9.84 Å². The molecule has 0 aromatic rings. The third-order valence-corrected chi connectivity index (χ3v) is 4.26. The van der Waals surface area contributed by atoms with Crippen LogP contribution in [-0.2, 0) is 9.53 Å². The second kappa shape index (κ2) is 6.41. The number of carboxylic acids is 1. The van der Waals surface area contributed by atoms with Crippen LogP contribution in [0.1, 0.15) is 19.8 Å². The van der Waals surface area contributed by atoms with Crippen molar-refractivity contribution in [2.45, 2.75) is 38.0 Å². The number of amides is 2. The molecule has 7 nitrogen and oxygen atoms in total. The number of hydrogen-bond donors (Lipinski definition) is 2. The summed E-state index contributed by atoms with van der Waals surface area (Å²) in [6, 6.07) is -0.329. The van der Waals surface area contributed by atoms with Crippen LogP contribution in [0.2, 0.25) is 0 Å². The van der Waals surface area contributed by atoms with Gasteiger partial charge in [-0.05, 0) is 19.8 Å². The van der Waals surface area contributed by atoms with Crippen LogP contribution >= 0.6 is 0 Å². The maximum atomic E-state index is 12.0. The van der Waals surface area contributed by atoms with Crippen LogP contribution in [0.15, 0.2) is 0 Å². The molecular weight excluding hydrogens is 262 g/mol. The minimum absolute atomic E-state index is 0.0489. The Morgan fingerprint density at radius 1 is 1.25 bits per heavy atom. The molecule has 0 spiro atoms. The van der Waals surface area contributed by atoms with Gasteiger partial charge in [0.25, 0.3) is 0 Å². The van der Waals surface area contributed by atoms with Crippen LogP contribution in [0, 0.1) is 0 Å². The van der Waals surface area contributed by atoms with E-state index in [0.29, 0.717) is 26.2 Å². The topological polar surface area (TPSA) is 82.1 Å². The van der Waals surface area contributed by atoms with Crippen LogP contribution in [0.5, 0.6) is 0 Å². The number of urea groups is 1. The van der Waals surface area contributed by atoms with E-state index in [1.54, 1.807) is 18.9 Å². The Labute approximate surface area is 118 Å². The molecule has 114 valence electrons. The number of carbonyl (C=O) groups excluding carboxylic acids is 1. The minimum Gasteiger partial charge on any atom is -0.480 e. The van der Waals surface area contributed by atoms with Crippen molar-refractivity contribution in [3.8, 4) is 0 Å². The lowest BCUT2D eigenvalue weighted by atomic mass is 9.89. The predicted octanol–water partition coefficient (Wildman–Crippen LogP) is -0.0359. The lowest BCUT2D eigenvalue weighted by Gasteiger charge is -2.39. The van der Waals surface area contributed by atoms with Gasteiger partial charge in [0.2, 0.25) is 0 Å². The third-order valence-electron chi connectivity index (χ3n) is 4.26. The Morgan fingerprint density at radius 3 is 2.35 bits per heavy atom. The fourth-order valence-electron chi connectivity index (χ4n) is 2.61.